The van der Waals surface area contributed by atoms with Crippen molar-refractivity contribution in [1.82, 2.24) is 0 Å². The fraction of sp³-hybridized carbons (Fsp3) is 0.429. The maximum Gasteiger partial charge on any atom is 0.0122 e. The lowest BCUT2D eigenvalue weighted by Gasteiger charge is -2.70. The zero-order valence-electron chi connectivity index (χ0n) is 7.93. The highest BCUT2D eigenvalue weighted by Crippen LogP contribution is 2.81. The van der Waals surface area contributed by atoms with Crippen molar-refractivity contribution in [2.24, 2.45) is 34.5 Å². The van der Waals surface area contributed by atoms with E-state index in [0.717, 1.165) is 23.7 Å². The Morgan fingerprint density at radius 1 is 0.571 bits per heavy atom. The summed E-state index contributed by atoms with van der Waals surface area (Å²) in [5.74, 6) is 3.17. The van der Waals surface area contributed by atoms with Crippen LogP contribution in [0, 0.1) is 34.5 Å². The second-order valence-electron chi connectivity index (χ2n) is 5.49. The summed E-state index contributed by atoms with van der Waals surface area (Å²) in [6.07, 6.45) is 19.6. The molecule has 2 atom stereocenters. The van der Waals surface area contributed by atoms with Crippen molar-refractivity contribution in [2.75, 3.05) is 0 Å². The molecule has 1 fully saturated rings. The highest BCUT2D eigenvalue weighted by Gasteiger charge is 2.76. The summed E-state index contributed by atoms with van der Waals surface area (Å²) >= 11 is 0. The van der Waals surface area contributed by atoms with Gasteiger partial charge >= 0.3 is 0 Å². The van der Waals surface area contributed by atoms with E-state index in [1.165, 1.54) is 0 Å². The Kier molecular flexibility index (Phi) is 0.690. The number of rotatable bonds is 0. The van der Waals surface area contributed by atoms with Gasteiger partial charge in [-0.3, -0.25) is 0 Å². The molecule has 0 aromatic rings. The Morgan fingerprint density at radius 2 is 1.07 bits per heavy atom. The van der Waals surface area contributed by atoms with Crippen molar-refractivity contribution in [3.05, 3.63) is 48.6 Å². The lowest BCUT2D eigenvalue weighted by Crippen LogP contribution is -2.66. The lowest BCUT2D eigenvalue weighted by atomic mass is 9.32. The van der Waals surface area contributed by atoms with Crippen LogP contribution in [0.5, 0.6) is 0 Å². The predicted octanol–water partition coefficient (Wildman–Crippen LogP) is 2.72. The first-order chi connectivity index (χ1) is 6.89. The van der Waals surface area contributed by atoms with Gasteiger partial charge in [-0.15, -0.1) is 0 Å². The highest BCUT2D eigenvalue weighted by molar-refractivity contribution is 5.54. The van der Waals surface area contributed by atoms with E-state index in [1.54, 1.807) is 0 Å². The predicted molar refractivity (Wildman–Crippen MR) is 55.4 cm³/mol. The molecule has 5 aliphatic carbocycles. The summed E-state index contributed by atoms with van der Waals surface area (Å²) in [7, 11) is 0. The molecule has 0 nitrogen and oxygen atoms in total. The summed E-state index contributed by atoms with van der Waals surface area (Å²) in [6, 6.07) is 0. The Morgan fingerprint density at radius 3 is 1.43 bits per heavy atom. The Labute approximate surface area is 83.7 Å². The van der Waals surface area contributed by atoms with Gasteiger partial charge in [-0.05, 0) is 11.8 Å². The van der Waals surface area contributed by atoms with Crippen LogP contribution < -0.4 is 0 Å². The van der Waals surface area contributed by atoms with Crippen LogP contribution in [0.1, 0.15) is 0 Å². The van der Waals surface area contributed by atoms with Gasteiger partial charge in [0, 0.05) is 22.7 Å². The smallest absolute Gasteiger partial charge is 0.0122 e. The Bertz CT molecular complexity index is 408. The zero-order chi connectivity index (χ0) is 8.97. The van der Waals surface area contributed by atoms with Gasteiger partial charge in [-0.25, -0.2) is 0 Å². The van der Waals surface area contributed by atoms with E-state index in [2.05, 4.69) is 48.6 Å². The van der Waals surface area contributed by atoms with E-state index in [0.29, 0.717) is 10.8 Å². The van der Waals surface area contributed by atoms with Crippen molar-refractivity contribution >= 4 is 0 Å². The van der Waals surface area contributed by atoms with Gasteiger partial charge in [0.25, 0.3) is 0 Å². The Hall–Kier alpha value is -1.04. The molecule has 5 aliphatic rings. The van der Waals surface area contributed by atoms with Crippen molar-refractivity contribution in [3.63, 3.8) is 0 Å². The van der Waals surface area contributed by atoms with Crippen LogP contribution >= 0.6 is 0 Å². The molecule has 68 valence electrons. The lowest BCUT2D eigenvalue weighted by molar-refractivity contribution is -0.123. The first-order valence-corrected chi connectivity index (χ1v) is 5.64. The van der Waals surface area contributed by atoms with Gasteiger partial charge in [-0.1, -0.05) is 48.6 Å². The first-order valence-electron chi connectivity index (χ1n) is 5.64. The molecule has 0 heteroatoms. The third kappa shape index (κ3) is 0.335. The minimum atomic E-state index is 0.538. The van der Waals surface area contributed by atoms with E-state index in [4.69, 9.17) is 0 Å². The van der Waals surface area contributed by atoms with Crippen LogP contribution in [0.3, 0.4) is 0 Å². The third-order valence-electron chi connectivity index (χ3n) is 5.52. The number of hydrogen-bond donors (Lipinski definition) is 0. The third-order valence-corrected chi connectivity index (χ3v) is 5.52. The van der Waals surface area contributed by atoms with Crippen LogP contribution in [0.2, 0.25) is 0 Å². The van der Waals surface area contributed by atoms with Gasteiger partial charge in [-0.2, -0.15) is 0 Å². The van der Waals surface area contributed by atoms with Crippen molar-refractivity contribution < 1.29 is 0 Å². The maximum atomic E-state index is 2.49. The fourth-order valence-corrected chi connectivity index (χ4v) is 4.85. The summed E-state index contributed by atoms with van der Waals surface area (Å²) in [4.78, 5) is 0. The normalized spacial score (nSPS) is 67.4. The van der Waals surface area contributed by atoms with E-state index >= 15 is 0 Å². The molecule has 0 bridgehead atoms. The van der Waals surface area contributed by atoms with Gasteiger partial charge in [0.2, 0.25) is 0 Å². The molecule has 0 amide bonds. The summed E-state index contributed by atoms with van der Waals surface area (Å²) in [6.45, 7) is 0. The molecule has 1 saturated carbocycles. The number of hydrogen-bond acceptors (Lipinski definition) is 0. The molecule has 0 saturated heterocycles. The minimum Gasteiger partial charge on any atom is -0.0829 e. The number of allylic oxidation sites excluding steroid dienone is 8. The molecule has 0 N–H and O–H groups in total. The molecule has 0 radical (unpaired) electrons. The topological polar surface area (TPSA) is 0 Å². The van der Waals surface area contributed by atoms with E-state index < -0.39 is 0 Å². The maximum absolute atomic E-state index is 2.49. The largest absolute Gasteiger partial charge is 0.0829 e. The van der Waals surface area contributed by atoms with Gasteiger partial charge in [0.15, 0.2) is 0 Å². The molecule has 2 unspecified atom stereocenters. The van der Waals surface area contributed by atoms with Gasteiger partial charge in [0.05, 0.1) is 0 Å². The van der Waals surface area contributed by atoms with Gasteiger partial charge < -0.3 is 0 Å². The standard InChI is InChI=1S/C14H12/c1-3-11-13(7-5-9(1)13)12-4-2-10-6-8-14(10,11)12/h1-12H. The van der Waals surface area contributed by atoms with Crippen LogP contribution in [0.4, 0.5) is 0 Å². The minimum absolute atomic E-state index is 0.538. The summed E-state index contributed by atoms with van der Waals surface area (Å²) in [5.41, 5.74) is 1.08. The molecular weight excluding hydrogens is 168 g/mol. The van der Waals surface area contributed by atoms with E-state index in [-0.39, 0.29) is 0 Å². The van der Waals surface area contributed by atoms with Crippen molar-refractivity contribution in [3.8, 4) is 0 Å². The Balaban J connectivity index is 1.79. The second-order valence-corrected chi connectivity index (χ2v) is 5.49. The van der Waals surface area contributed by atoms with E-state index in [9.17, 15) is 0 Å². The first kappa shape index (κ1) is 6.44. The molecule has 2 spiro atoms. The summed E-state index contributed by atoms with van der Waals surface area (Å²) < 4.78 is 0. The molecule has 5 rings (SSSR count). The molecule has 0 aromatic carbocycles. The summed E-state index contributed by atoms with van der Waals surface area (Å²) in [5, 5.41) is 0. The second kappa shape index (κ2) is 1.50. The average Bonchev–Trinajstić information content (AvgIpc) is 2.41. The van der Waals surface area contributed by atoms with Crippen molar-refractivity contribution in [2.45, 2.75) is 0 Å². The highest BCUT2D eigenvalue weighted by atomic mass is 14.8. The van der Waals surface area contributed by atoms with Crippen LogP contribution in [-0.2, 0) is 0 Å². The molecule has 14 heavy (non-hydrogen) atoms. The van der Waals surface area contributed by atoms with E-state index in [1.807, 2.05) is 0 Å². The molecule has 0 aliphatic heterocycles. The SMILES string of the molecule is C1=CC2C3(C=CC13)C1C=CC3C=CC321. The average molecular weight is 180 g/mol. The monoisotopic (exact) mass is 180 g/mol. The molecule has 0 heterocycles. The molecular formula is C14H12. The van der Waals surface area contributed by atoms with Crippen molar-refractivity contribution in [1.29, 1.82) is 0 Å². The fourth-order valence-electron chi connectivity index (χ4n) is 4.85. The van der Waals surface area contributed by atoms with Crippen LogP contribution in [-0.4, -0.2) is 0 Å². The van der Waals surface area contributed by atoms with Crippen LogP contribution in [0.15, 0.2) is 48.6 Å². The van der Waals surface area contributed by atoms with Crippen LogP contribution in [0.25, 0.3) is 0 Å². The van der Waals surface area contributed by atoms with Gasteiger partial charge in [0.1, 0.15) is 0 Å². The zero-order valence-corrected chi connectivity index (χ0v) is 7.93. The molecule has 0 aromatic heterocycles. The quantitative estimate of drug-likeness (QED) is 0.503.